The number of hydrogen-bond acceptors (Lipinski definition) is 4. The van der Waals surface area contributed by atoms with Crippen LogP contribution < -0.4 is 4.72 Å². The zero-order valence-corrected chi connectivity index (χ0v) is 5.67. The van der Waals surface area contributed by atoms with Crippen LogP contribution in [0.25, 0.3) is 0 Å². The molecule has 10 heavy (non-hydrogen) atoms. The zero-order chi connectivity index (χ0) is 7.40. The predicted octanol–water partition coefficient (Wildman–Crippen LogP) is -0.317. The fraction of sp³-hybridized carbons (Fsp3) is 0. The molecular formula is C4H4N3O2S-. The van der Waals surface area contributed by atoms with Gasteiger partial charge < -0.3 is 4.55 Å². The fourth-order valence-corrected chi connectivity index (χ4v) is 0.721. The summed E-state index contributed by atoms with van der Waals surface area (Å²) in [4.78, 5) is 0. The summed E-state index contributed by atoms with van der Waals surface area (Å²) in [5.74, 6) is 0.218. The first kappa shape index (κ1) is 7.10. The van der Waals surface area contributed by atoms with Gasteiger partial charge in [0, 0.05) is 17.5 Å². The van der Waals surface area contributed by atoms with Gasteiger partial charge in [-0.05, 0) is 12.1 Å². The van der Waals surface area contributed by atoms with Gasteiger partial charge in [0.1, 0.15) is 0 Å². The Labute approximate surface area is 59.9 Å². The van der Waals surface area contributed by atoms with Gasteiger partial charge in [-0.3, -0.25) is 8.93 Å². The van der Waals surface area contributed by atoms with Crippen LogP contribution in [0.15, 0.2) is 18.3 Å². The number of anilines is 1. The molecule has 0 saturated carbocycles. The Bertz CT molecular complexity index is 227. The molecule has 0 aliphatic heterocycles. The molecule has 0 fully saturated rings. The summed E-state index contributed by atoms with van der Waals surface area (Å²) in [6, 6.07) is 3.09. The van der Waals surface area contributed by atoms with Gasteiger partial charge in [-0.1, -0.05) is 0 Å². The third-order valence-corrected chi connectivity index (χ3v) is 1.14. The highest BCUT2D eigenvalue weighted by Crippen LogP contribution is 1.96. The molecule has 0 radical (unpaired) electrons. The highest BCUT2D eigenvalue weighted by atomic mass is 32.2. The second-order valence-corrected chi connectivity index (χ2v) is 2.12. The molecule has 1 N–H and O–H groups in total. The average Bonchev–Trinajstić information content (AvgIpc) is 1.88. The molecule has 1 aromatic heterocycles. The first-order chi connectivity index (χ1) is 4.79. The molecule has 1 atom stereocenters. The van der Waals surface area contributed by atoms with Crippen LogP contribution in [0.2, 0.25) is 0 Å². The molecule has 0 bridgehead atoms. The molecule has 6 heteroatoms. The minimum absolute atomic E-state index is 0.218. The van der Waals surface area contributed by atoms with Gasteiger partial charge >= 0.3 is 0 Å². The lowest BCUT2D eigenvalue weighted by molar-refractivity contribution is 0.542. The van der Waals surface area contributed by atoms with Crippen LogP contribution in [0.3, 0.4) is 0 Å². The minimum atomic E-state index is -2.32. The monoisotopic (exact) mass is 158 g/mol. The van der Waals surface area contributed by atoms with E-state index in [1.165, 1.54) is 12.3 Å². The summed E-state index contributed by atoms with van der Waals surface area (Å²) in [6.45, 7) is 0. The first-order valence-electron chi connectivity index (χ1n) is 2.42. The molecule has 0 aliphatic carbocycles. The van der Waals surface area contributed by atoms with E-state index >= 15 is 0 Å². The number of nitrogens with zero attached hydrogens (tertiary/aromatic N) is 2. The second kappa shape index (κ2) is 3.23. The van der Waals surface area contributed by atoms with E-state index in [4.69, 9.17) is 0 Å². The molecule has 0 amide bonds. The van der Waals surface area contributed by atoms with Gasteiger partial charge in [0.15, 0.2) is 5.82 Å². The van der Waals surface area contributed by atoms with Crippen LogP contribution in [0.5, 0.6) is 0 Å². The van der Waals surface area contributed by atoms with E-state index < -0.39 is 11.3 Å². The first-order valence-corrected chi connectivity index (χ1v) is 3.50. The maximum Gasteiger partial charge on any atom is 0.159 e. The summed E-state index contributed by atoms with van der Waals surface area (Å²) < 4.78 is 22.0. The lowest BCUT2D eigenvalue weighted by atomic mass is 10.6. The Hall–Kier alpha value is -1.01. The van der Waals surface area contributed by atoms with Crippen LogP contribution in [0, 0.1) is 0 Å². The highest BCUT2D eigenvalue weighted by molar-refractivity contribution is 7.80. The largest absolute Gasteiger partial charge is 0.755 e. The normalized spacial score (nSPS) is 12.5. The summed E-state index contributed by atoms with van der Waals surface area (Å²) in [5.41, 5.74) is 0. The van der Waals surface area contributed by atoms with Crippen LogP contribution in [-0.4, -0.2) is 19.0 Å². The molecule has 0 spiro atoms. The lowest BCUT2D eigenvalue weighted by Gasteiger charge is -2.04. The molecule has 0 aromatic carbocycles. The van der Waals surface area contributed by atoms with E-state index in [-0.39, 0.29) is 5.82 Å². The van der Waals surface area contributed by atoms with Crippen molar-refractivity contribution in [2.75, 3.05) is 4.72 Å². The summed E-state index contributed by atoms with van der Waals surface area (Å²) >= 11 is -2.32. The second-order valence-electron chi connectivity index (χ2n) is 1.45. The Kier molecular flexibility index (Phi) is 2.30. The van der Waals surface area contributed by atoms with Crippen LogP contribution in [0.1, 0.15) is 0 Å². The molecule has 0 saturated heterocycles. The minimum Gasteiger partial charge on any atom is -0.755 e. The maximum absolute atomic E-state index is 9.99. The van der Waals surface area contributed by atoms with Gasteiger partial charge in [-0.2, -0.15) is 5.10 Å². The summed E-state index contributed by atoms with van der Waals surface area (Å²) in [5, 5.41) is 6.92. The molecule has 5 nitrogen and oxygen atoms in total. The Morgan fingerprint density at radius 3 is 3.00 bits per heavy atom. The van der Waals surface area contributed by atoms with E-state index in [0.29, 0.717) is 0 Å². The number of hydrogen-bond donors (Lipinski definition) is 1. The van der Waals surface area contributed by atoms with Crippen molar-refractivity contribution in [3.8, 4) is 0 Å². The molecule has 54 valence electrons. The van der Waals surface area contributed by atoms with E-state index in [1.807, 2.05) is 4.72 Å². The number of rotatable bonds is 2. The standard InChI is InChI=1S/C4H5N3O2S/c8-10(9)7-4-2-1-3-5-6-4/h1-3H,(H,6,7)(H,8,9)/p-1. The number of nitrogens with one attached hydrogen (secondary N) is 1. The molecular weight excluding hydrogens is 154 g/mol. The summed E-state index contributed by atoms with van der Waals surface area (Å²) in [7, 11) is 0. The van der Waals surface area contributed by atoms with Crippen molar-refractivity contribution in [3.05, 3.63) is 18.3 Å². The van der Waals surface area contributed by atoms with Crippen LogP contribution >= 0.6 is 0 Å². The van der Waals surface area contributed by atoms with E-state index in [9.17, 15) is 8.76 Å². The third-order valence-electron chi connectivity index (χ3n) is 0.760. The molecule has 1 aromatic rings. The SMILES string of the molecule is O=S([O-])Nc1cccnn1. The zero-order valence-electron chi connectivity index (χ0n) is 4.85. The van der Waals surface area contributed by atoms with E-state index in [0.717, 1.165) is 0 Å². The maximum atomic E-state index is 9.99. The molecule has 1 unspecified atom stereocenters. The van der Waals surface area contributed by atoms with Gasteiger partial charge in [-0.25, -0.2) is 0 Å². The Balaban J connectivity index is 2.67. The molecule has 0 aliphatic rings. The van der Waals surface area contributed by atoms with Gasteiger partial charge in [0.05, 0.1) is 0 Å². The summed E-state index contributed by atoms with van der Waals surface area (Å²) in [6.07, 6.45) is 1.46. The van der Waals surface area contributed by atoms with Crippen molar-refractivity contribution in [2.24, 2.45) is 0 Å². The van der Waals surface area contributed by atoms with Gasteiger partial charge in [0.25, 0.3) is 0 Å². The highest BCUT2D eigenvalue weighted by Gasteiger charge is 1.87. The third kappa shape index (κ3) is 2.08. The van der Waals surface area contributed by atoms with Crippen molar-refractivity contribution in [3.63, 3.8) is 0 Å². The van der Waals surface area contributed by atoms with Crippen molar-refractivity contribution >= 4 is 17.1 Å². The average molecular weight is 158 g/mol. The fourth-order valence-electron chi connectivity index (χ4n) is 0.441. The van der Waals surface area contributed by atoms with Crippen molar-refractivity contribution < 1.29 is 8.76 Å². The van der Waals surface area contributed by atoms with E-state index in [2.05, 4.69) is 10.2 Å². The molecule has 1 heterocycles. The van der Waals surface area contributed by atoms with E-state index in [1.54, 1.807) is 6.07 Å². The smallest absolute Gasteiger partial charge is 0.159 e. The quantitative estimate of drug-likeness (QED) is 0.598. The lowest BCUT2D eigenvalue weighted by Crippen LogP contribution is -2.04. The molecule has 1 rings (SSSR count). The van der Waals surface area contributed by atoms with Crippen molar-refractivity contribution in [2.45, 2.75) is 0 Å². The van der Waals surface area contributed by atoms with Crippen molar-refractivity contribution in [1.29, 1.82) is 0 Å². The predicted molar refractivity (Wildman–Crippen MR) is 34.6 cm³/mol. The van der Waals surface area contributed by atoms with Crippen LogP contribution in [-0.2, 0) is 11.3 Å². The Morgan fingerprint density at radius 2 is 2.50 bits per heavy atom. The Morgan fingerprint density at radius 1 is 1.70 bits per heavy atom. The van der Waals surface area contributed by atoms with Crippen molar-refractivity contribution in [1.82, 2.24) is 10.2 Å². The van der Waals surface area contributed by atoms with Crippen LogP contribution in [0.4, 0.5) is 5.82 Å². The number of aromatic nitrogens is 2. The van der Waals surface area contributed by atoms with Gasteiger partial charge in [0.2, 0.25) is 0 Å². The van der Waals surface area contributed by atoms with Gasteiger partial charge in [-0.15, -0.1) is 5.10 Å². The topological polar surface area (TPSA) is 77.9 Å².